The van der Waals surface area contributed by atoms with Crippen LogP contribution < -0.4 is 5.73 Å². The molecule has 16 heavy (non-hydrogen) atoms. The molecule has 1 rings (SSSR count). The highest BCUT2D eigenvalue weighted by Gasteiger charge is 2.33. The lowest BCUT2D eigenvalue weighted by Gasteiger charge is -2.34. The molecule has 2 atom stereocenters. The summed E-state index contributed by atoms with van der Waals surface area (Å²) in [6.45, 7) is 0. The van der Waals surface area contributed by atoms with E-state index in [2.05, 4.69) is 12.2 Å². The summed E-state index contributed by atoms with van der Waals surface area (Å²) in [6, 6.07) is -0.340. The quantitative estimate of drug-likeness (QED) is 0.691. The van der Waals surface area contributed by atoms with Crippen LogP contribution in [0.2, 0.25) is 0 Å². The highest BCUT2D eigenvalue weighted by molar-refractivity contribution is 7.92. The van der Waals surface area contributed by atoms with Crippen LogP contribution in [0.25, 0.3) is 0 Å². The van der Waals surface area contributed by atoms with Gasteiger partial charge in [-0.3, -0.25) is 0 Å². The molecular weight excluding hydrogens is 248 g/mol. The van der Waals surface area contributed by atoms with Gasteiger partial charge in [0.1, 0.15) is 5.75 Å². The van der Waals surface area contributed by atoms with Gasteiger partial charge in [-0.15, -0.1) is 0 Å². The highest BCUT2D eigenvalue weighted by Crippen LogP contribution is 2.24. The van der Waals surface area contributed by atoms with Crippen LogP contribution in [-0.4, -0.2) is 47.8 Å². The number of thiocarbonyl (C=S) groups is 1. The van der Waals surface area contributed by atoms with Crippen LogP contribution in [0, 0.1) is 0 Å². The lowest BCUT2D eigenvalue weighted by molar-refractivity contribution is 0.0639. The molecule has 0 heterocycles. The van der Waals surface area contributed by atoms with Crippen LogP contribution in [0.3, 0.4) is 0 Å². The van der Waals surface area contributed by atoms with Crippen molar-refractivity contribution in [3.8, 4) is 0 Å². The number of hydrogen-bond donors (Lipinski definition) is 2. The Morgan fingerprint density at radius 1 is 1.50 bits per heavy atom. The minimum absolute atomic E-state index is 0.0443. The van der Waals surface area contributed by atoms with Crippen LogP contribution in [-0.2, 0) is 10.0 Å². The van der Waals surface area contributed by atoms with E-state index in [9.17, 15) is 13.5 Å². The number of nitrogens with zero attached hydrogens (tertiary/aromatic N) is 1. The number of aliphatic hydroxyl groups is 1. The van der Waals surface area contributed by atoms with Gasteiger partial charge in [-0.05, 0) is 12.8 Å². The van der Waals surface area contributed by atoms with Gasteiger partial charge < -0.3 is 10.8 Å². The zero-order chi connectivity index (χ0) is 12.3. The number of likely N-dealkylation sites (N-methyl/N-ethyl adjacent to an activating group) is 1. The van der Waals surface area contributed by atoms with Gasteiger partial charge in [-0.2, -0.15) is 4.31 Å². The molecule has 0 spiro atoms. The second-order valence-electron chi connectivity index (χ2n) is 4.16. The normalized spacial score (nSPS) is 26.9. The molecule has 1 fully saturated rings. The molecule has 0 amide bonds. The van der Waals surface area contributed by atoms with E-state index in [1.54, 1.807) is 0 Å². The minimum atomic E-state index is -3.48. The van der Waals surface area contributed by atoms with Gasteiger partial charge in [0, 0.05) is 7.05 Å². The standard InChI is InChI=1S/C9H18N2O3S2/c1-11(16(13,14)6-9(10)15)7-4-2-3-5-8(7)12/h7-8,12H,2-6H2,1H3,(H2,10,15). The van der Waals surface area contributed by atoms with Crippen molar-refractivity contribution in [3.05, 3.63) is 0 Å². The predicted octanol–water partition coefficient (Wildman–Crippen LogP) is -0.162. The van der Waals surface area contributed by atoms with E-state index in [1.807, 2.05) is 0 Å². The van der Waals surface area contributed by atoms with Gasteiger partial charge in [0.25, 0.3) is 0 Å². The third kappa shape index (κ3) is 3.38. The molecule has 2 unspecified atom stereocenters. The van der Waals surface area contributed by atoms with Crippen molar-refractivity contribution in [2.75, 3.05) is 12.8 Å². The van der Waals surface area contributed by atoms with Crippen molar-refractivity contribution >= 4 is 27.2 Å². The Morgan fingerprint density at radius 3 is 2.56 bits per heavy atom. The van der Waals surface area contributed by atoms with E-state index in [0.717, 1.165) is 12.8 Å². The van der Waals surface area contributed by atoms with Gasteiger partial charge in [0.05, 0.1) is 17.1 Å². The number of nitrogens with two attached hydrogens (primary N) is 1. The third-order valence-electron chi connectivity index (χ3n) is 2.92. The monoisotopic (exact) mass is 266 g/mol. The SMILES string of the molecule is CN(C1CCCCC1O)S(=O)(=O)CC(N)=S. The lowest BCUT2D eigenvalue weighted by atomic mass is 9.93. The predicted molar refractivity (Wildman–Crippen MR) is 66.6 cm³/mol. The van der Waals surface area contributed by atoms with E-state index < -0.39 is 16.1 Å². The molecule has 1 aliphatic rings. The van der Waals surface area contributed by atoms with Gasteiger partial charge in [0.2, 0.25) is 10.0 Å². The molecule has 0 radical (unpaired) electrons. The van der Waals surface area contributed by atoms with E-state index in [0.29, 0.717) is 12.8 Å². The van der Waals surface area contributed by atoms with Crippen LogP contribution in [0.15, 0.2) is 0 Å². The Balaban J connectivity index is 2.75. The molecule has 3 N–H and O–H groups in total. The van der Waals surface area contributed by atoms with E-state index >= 15 is 0 Å². The molecule has 7 heteroatoms. The summed E-state index contributed by atoms with van der Waals surface area (Å²) in [4.78, 5) is -0.0443. The smallest absolute Gasteiger partial charge is 0.220 e. The Kier molecular flexibility index (Phi) is 4.66. The van der Waals surface area contributed by atoms with Crippen molar-refractivity contribution < 1.29 is 13.5 Å². The fourth-order valence-electron chi connectivity index (χ4n) is 2.00. The lowest BCUT2D eigenvalue weighted by Crippen LogP contribution is -2.48. The second-order valence-corrected chi connectivity index (χ2v) is 6.71. The van der Waals surface area contributed by atoms with Crippen LogP contribution >= 0.6 is 12.2 Å². The number of sulfonamides is 1. The first-order valence-corrected chi connectivity index (χ1v) is 7.28. The fraction of sp³-hybridized carbons (Fsp3) is 0.889. The summed E-state index contributed by atoms with van der Waals surface area (Å²) in [6.07, 6.45) is 2.64. The molecule has 0 saturated heterocycles. The Morgan fingerprint density at radius 2 is 2.06 bits per heavy atom. The maximum atomic E-state index is 11.8. The minimum Gasteiger partial charge on any atom is -0.392 e. The van der Waals surface area contributed by atoms with Crippen LogP contribution in [0.1, 0.15) is 25.7 Å². The van der Waals surface area contributed by atoms with Crippen molar-refractivity contribution in [1.82, 2.24) is 4.31 Å². The molecule has 0 aromatic carbocycles. The molecule has 0 aliphatic heterocycles. The van der Waals surface area contributed by atoms with E-state index in [4.69, 9.17) is 5.73 Å². The molecule has 0 aromatic heterocycles. The van der Waals surface area contributed by atoms with Crippen LogP contribution in [0.4, 0.5) is 0 Å². The number of aliphatic hydroxyl groups excluding tert-OH is 1. The summed E-state index contributed by atoms with van der Waals surface area (Å²) >= 11 is 4.60. The fourth-order valence-corrected chi connectivity index (χ4v) is 3.67. The summed E-state index contributed by atoms with van der Waals surface area (Å²) in [5, 5.41) is 9.77. The van der Waals surface area contributed by atoms with E-state index in [1.165, 1.54) is 11.4 Å². The van der Waals surface area contributed by atoms with Gasteiger partial charge in [0.15, 0.2) is 0 Å². The van der Waals surface area contributed by atoms with Gasteiger partial charge >= 0.3 is 0 Å². The second kappa shape index (κ2) is 5.39. The first-order valence-electron chi connectivity index (χ1n) is 5.26. The Bertz CT molecular complexity index is 356. The summed E-state index contributed by atoms with van der Waals surface area (Å²) in [7, 11) is -2.01. The van der Waals surface area contributed by atoms with Crippen molar-refractivity contribution in [1.29, 1.82) is 0 Å². The Hall–Kier alpha value is -0.240. The molecule has 1 aliphatic carbocycles. The van der Waals surface area contributed by atoms with E-state index in [-0.39, 0.29) is 16.8 Å². The number of hydrogen-bond acceptors (Lipinski definition) is 4. The zero-order valence-corrected chi connectivity index (χ0v) is 10.9. The van der Waals surface area contributed by atoms with Crippen molar-refractivity contribution in [3.63, 3.8) is 0 Å². The molecular formula is C9H18N2O3S2. The summed E-state index contributed by atoms with van der Waals surface area (Å²) < 4.78 is 24.9. The first-order chi connectivity index (χ1) is 7.34. The van der Waals surface area contributed by atoms with Crippen LogP contribution in [0.5, 0.6) is 0 Å². The molecule has 94 valence electrons. The maximum Gasteiger partial charge on any atom is 0.220 e. The molecule has 1 saturated carbocycles. The highest BCUT2D eigenvalue weighted by atomic mass is 32.2. The molecule has 0 bridgehead atoms. The third-order valence-corrected chi connectivity index (χ3v) is 5.08. The molecule has 0 aromatic rings. The average molecular weight is 266 g/mol. The summed E-state index contributed by atoms with van der Waals surface area (Å²) in [5.41, 5.74) is 5.24. The average Bonchev–Trinajstić information content (AvgIpc) is 2.15. The first kappa shape index (κ1) is 13.8. The number of rotatable bonds is 4. The topological polar surface area (TPSA) is 83.6 Å². The zero-order valence-electron chi connectivity index (χ0n) is 9.30. The van der Waals surface area contributed by atoms with Crippen molar-refractivity contribution in [2.45, 2.75) is 37.8 Å². The van der Waals surface area contributed by atoms with Crippen molar-refractivity contribution in [2.24, 2.45) is 5.73 Å². The Labute approximate surface area is 102 Å². The van der Waals surface area contributed by atoms with Gasteiger partial charge in [-0.1, -0.05) is 25.1 Å². The maximum absolute atomic E-state index is 11.8. The largest absolute Gasteiger partial charge is 0.392 e. The molecule has 5 nitrogen and oxygen atoms in total. The summed E-state index contributed by atoms with van der Waals surface area (Å²) in [5.74, 6) is -0.331. The van der Waals surface area contributed by atoms with Gasteiger partial charge in [-0.25, -0.2) is 8.42 Å².